The van der Waals surface area contributed by atoms with Crippen LogP contribution in [0.15, 0.2) is 91.1 Å². The molecule has 0 fully saturated rings. The van der Waals surface area contributed by atoms with Gasteiger partial charge in [0, 0.05) is 24.2 Å². The highest BCUT2D eigenvalue weighted by Crippen LogP contribution is 2.44. The SMILES string of the molecule is O=C(N[C@@H](Cc1cccc(-c2ccccn2)n1)C(=O)O)OCC1c2ccccc2-c2ccccc21. The Balaban J connectivity index is 1.26. The highest BCUT2D eigenvalue weighted by atomic mass is 16.5. The molecule has 1 aliphatic carbocycles. The maximum absolute atomic E-state index is 12.6. The smallest absolute Gasteiger partial charge is 0.407 e. The number of aromatic nitrogens is 2. The first-order valence-electron chi connectivity index (χ1n) is 11.3. The number of fused-ring (bicyclic) bond motifs is 3. The highest BCUT2D eigenvalue weighted by Gasteiger charge is 2.30. The molecule has 0 spiro atoms. The topological polar surface area (TPSA) is 101 Å². The first kappa shape index (κ1) is 22.3. The molecule has 0 saturated heterocycles. The number of carbonyl (C=O) groups excluding carboxylic acids is 1. The molecule has 35 heavy (non-hydrogen) atoms. The van der Waals surface area contributed by atoms with E-state index in [0.717, 1.165) is 22.3 Å². The molecule has 1 atom stereocenters. The number of amides is 1. The van der Waals surface area contributed by atoms with Crippen molar-refractivity contribution >= 4 is 12.1 Å². The van der Waals surface area contributed by atoms with Crippen LogP contribution < -0.4 is 5.32 Å². The van der Waals surface area contributed by atoms with Gasteiger partial charge in [0.1, 0.15) is 12.6 Å². The lowest BCUT2D eigenvalue weighted by Gasteiger charge is -2.17. The predicted molar refractivity (Wildman–Crippen MR) is 131 cm³/mol. The number of nitrogens with one attached hydrogen (secondary N) is 1. The van der Waals surface area contributed by atoms with Crippen molar-refractivity contribution in [2.75, 3.05) is 6.61 Å². The van der Waals surface area contributed by atoms with Crippen molar-refractivity contribution in [1.29, 1.82) is 0 Å². The van der Waals surface area contributed by atoms with Crippen molar-refractivity contribution in [3.63, 3.8) is 0 Å². The van der Waals surface area contributed by atoms with Crippen LogP contribution in [0.3, 0.4) is 0 Å². The first-order valence-corrected chi connectivity index (χ1v) is 11.3. The molecule has 0 radical (unpaired) electrons. The molecule has 2 aromatic carbocycles. The number of pyridine rings is 2. The number of benzene rings is 2. The number of alkyl carbamates (subject to hydrolysis) is 1. The average Bonchev–Trinajstić information content (AvgIpc) is 3.21. The zero-order valence-electron chi connectivity index (χ0n) is 18.8. The molecule has 5 rings (SSSR count). The number of nitrogens with zero attached hydrogens (tertiary/aromatic N) is 2. The summed E-state index contributed by atoms with van der Waals surface area (Å²) in [5, 5.41) is 12.2. The van der Waals surface area contributed by atoms with E-state index < -0.39 is 18.1 Å². The Hall–Kier alpha value is -4.52. The Morgan fingerprint density at radius 1 is 0.857 bits per heavy atom. The Bertz CT molecular complexity index is 1330. The molecular formula is C28H23N3O4. The minimum Gasteiger partial charge on any atom is -0.480 e. The van der Waals surface area contributed by atoms with Gasteiger partial charge in [0.05, 0.1) is 11.4 Å². The molecule has 0 bridgehead atoms. The summed E-state index contributed by atoms with van der Waals surface area (Å²) in [6.07, 6.45) is 0.906. The van der Waals surface area contributed by atoms with E-state index in [1.807, 2.05) is 54.6 Å². The summed E-state index contributed by atoms with van der Waals surface area (Å²) in [4.78, 5) is 33.3. The second-order valence-corrected chi connectivity index (χ2v) is 8.29. The van der Waals surface area contributed by atoms with Crippen LogP contribution in [-0.2, 0) is 16.0 Å². The van der Waals surface area contributed by atoms with E-state index in [-0.39, 0.29) is 18.9 Å². The number of carboxylic acids is 1. The van der Waals surface area contributed by atoms with Crippen LogP contribution in [0.2, 0.25) is 0 Å². The third kappa shape index (κ3) is 4.75. The number of carbonyl (C=O) groups is 2. The third-order valence-electron chi connectivity index (χ3n) is 6.08. The van der Waals surface area contributed by atoms with Crippen LogP contribution in [-0.4, -0.2) is 39.8 Å². The van der Waals surface area contributed by atoms with Crippen LogP contribution in [0.25, 0.3) is 22.5 Å². The number of rotatable bonds is 7. The van der Waals surface area contributed by atoms with Crippen LogP contribution in [0.4, 0.5) is 4.79 Å². The fourth-order valence-electron chi connectivity index (χ4n) is 4.44. The van der Waals surface area contributed by atoms with Gasteiger partial charge >= 0.3 is 12.1 Å². The predicted octanol–water partition coefficient (Wildman–Crippen LogP) is 4.68. The number of aliphatic carboxylic acids is 1. The molecule has 2 aromatic heterocycles. The Kier molecular flexibility index (Phi) is 6.22. The van der Waals surface area contributed by atoms with Gasteiger partial charge < -0.3 is 15.2 Å². The molecular weight excluding hydrogens is 442 g/mol. The second kappa shape index (κ2) is 9.77. The van der Waals surface area contributed by atoms with Gasteiger partial charge in [-0.1, -0.05) is 60.7 Å². The lowest BCUT2D eigenvalue weighted by molar-refractivity contribution is -0.139. The molecule has 1 amide bonds. The standard InChI is InChI=1S/C28H23N3O4/c32-27(33)26(16-18-8-7-14-25(30-18)24-13-5-6-15-29-24)31-28(34)35-17-23-21-11-3-1-9-19(21)20-10-2-4-12-22(20)23/h1-15,23,26H,16-17H2,(H,31,34)(H,32,33)/t26-/m0/s1. The lowest BCUT2D eigenvalue weighted by Crippen LogP contribution is -2.43. The summed E-state index contributed by atoms with van der Waals surface area (Å²) < 4.78 is 5.51. The van der Waals surface area contributed by atoms with E-state index in [2.05, 4.69) is 27.4 Å². The summed E-state index contributed by atoms with van der Waals surface area (Å²) in [6.45, 7) is 0.111. The lowest BCUT2D eigenvalue weighted by atomic mass is 9.98. The quantitative estimate of drug-likeness (QED) is 0.411. The first-order chi connectivity index (χ1) is 17.1. The molecule has 2 N–H and O–H groups in total. The van der Waals surface area contributed by atoms with Gasteiger partial charge in [0.15, 0.2) is 0 Å². The van der Waals surface area contributed by atoms with Crippen molar-refractivity contribution in [2.45, 2.75) is 18.4 Å². The van der Waals surface area contributed by atoms with Crippen LogP contribution in [0.5, 0.6) is 0 Å². The minimum absolute atomic E-state index is 0.0141. The number of hydrogen-bond acceptors (Lipinski definition) is 5. The monoisotopic (exact) mass is 465 g/mol. The van der Waals surface area contributed by atoms with Crippen LogP contribution in [0, 0.1) is 0 Å². The van der Waals surface area contributed by atoms with E-state index >= 15 is 0 Å². The summed E-state index contributed by atoms with van der Waals surface area (Å²) >= 11 is 0. The maximum Gasteiger partial charge on any atom is 0.407 e. The van der Waals surface area contributed by atoms with Crippen molar-refractivity contribution in [3.8, 4) is 22.5 Å². The Labute approximate surface area is 202 Å². The van der Waals surface area contributed by atoms with Gasteiger partial charge in [-0.15, -0.1) is 0 Å². The van der Waals surface area contributed by atoms with Gasteiger partial charge in [-0.2, -0.15) is 0 Å². The largest absolute Gasteiger partial charge is 0.480 e. The van der Waals surface area contributed by atoms with Crippen molar-refractivity contribution in [1.82, 2.24) is 15.3 Å². The van der Waals surface area contributed by atoms with Crippen molar-refractivity contribution in [2.24, 2.45) is 0 Å². The van der Waals surface area contributed by atoms with E-state index in [9.17, 15) is 14.7 Å². The van der Waals surface area contributed by atoms with Gasteiger partial charge in [-0.05, 0) is 46.5 Å². The molecule has 0 unspecified atom stereocenters. The van der Waals surface area contributed by atoms with Gasteiger partial charge in [-0.3, -0.25) is 9.97 Å². The van der Waals surface area contributed by atoms with Gasteiger partial charge in [-0.25, -0.2) is 9.59 Å². The molecule has 7 nitrogen and oxygen atoms in total. The fourth-order valence-corrected chi connectivity index (χ4v) is 4.44. The summed E-state index contributed by atoms with van der Waals surface area (Å²) in [6, 6.07) is 25.7. The van der Waals surface area contributed by atoms with Gasteiger partial charge in [0.2, 0.25) is 0 Å². The third-order valence-corrected chi connectivity index (χ3v) is 6.08. The molecule has 0 saturated carbocycles. The normalized spacial score (nSPS) is 12.9. The summed E-state index contributed by atoms with van der Waals surface area (Å²) in [5.41, 5.74) is 6.27. The molecule has 4 aromatic rings. The van der Waals surface area contributed by atoms with Crippen molar-refractivity contribution in [3.05, 3.63) is 108 Å². The Morgan fingerprint density at radius 3 is 2.17 bits per heavy atom. The summed E-state index contributed by atoms with van der Waals surface area (Å²) in [5.74, 6) is -1.27. The highest BCUT2D eigenvalue weighted by molar-refractivity contribution is 5.81. The minimum atomic E-state index is -1.18. The average molecular weight is 466 g/mol. The van der Waals surface area contributed by atoms with E-state index in [1.54, 1.807) is 24.4 Å². The van der Waals surface area contributed by atoms with Crippen LogP contribution in [0.1, 0.15) is 22.7 Å². The zero-order valence-corrected chi connectivity index (χ0v) is 18.8. The molecule has 174 valence electrons. The second-order valence-electron chi connectivity index (χ2n) is 8.29. The molecule has 7 heteroatoms. The fraction of sp³-hybridized carbons (Fsp3) is 0.143. The van der Waals surface area contributed by atoms with E-state index in [1.165, 1.54) is 0 Å². The number of carboxylic acid groups (broad SMARTS) is 1. The molecule has 2 heterocycles. The molecule has 0 aliphatic heterocycles. The summed E-state index contributed by atoms with van der Waals surface area (Å²) in [7, 11) is 0. The molecule has 1 aliphatic rings. The van der Waals surface area contributed by atoms with Crippen LogP contribution >= 0.6 is 0 Å². The maximum atomic E-state index is 12.6. The van der Waals surface area contributed by atoms with Crippen molar-refractivity contribution < 1.29 is 19.4 Å². The zero-order chi connectivity index (χ0) is 24.2. The number of hydrogen-bond donors (Lipinski definition) is 2. The Morgan fingerprint density at radius 2 is 1.51 bits per heavy atom. The van der Waals surface area contributed by atoms with E-state index in [0.29, 0.717) is 17.1 Å². The van der Waals surface area contributed by atoms with Gasteiger partial charge in [0.25, 0.3) is 0 Å². The number of ether oxygens (including phenoxy) is 1. The van der Waals surface area contributed by atoms with E-state index in [4.69, 9.17) is 4.74 Å².